The summed E-state index contributed by atoms with van der Waals surface area (Å²) in [6.45, 7) is 10.2. The van der Waals surface area contributed by atoms with Gasteiger partial charge in [0.05, 0.1) is 24.3 Å². The summed E-state index contributed by atoms with van der Waals surface area (Å²) in [5, 5.41) is 1.26. The van der Waals surface area contributed by atoms with E-state index in [1.807, 2.05) is 57.3 Å². The molecule has 2 amide bonds. The molecule has 0 aromatic heterocycles. The van der Waals surface area contributed by atoms with Crippen molar-refractivity contribution in [3.63, 3.8) is 0 Å². The molecule has 0 bridgehead atoms. The van der Waals surface area contributed by atoms with Crippen molar-refractivity contribution >= 4 is 47.4 Å². The van der Waals surface area contributed by atoms with E-state index in [0.717, 1.165) is 35.4 Å². The molecule has 212 valence electrons. The second-order valence-corrected chi connectivity index (χ2v) is 9.59. The molecule has 0 atom stereocenters. The van der Waals surface area contributed by atoms with Crippen LogP contribution in [0.2, 0.25) is 10.0 Å². The van der Waals surface area contributed by atoms with Gasteiger partial charge in [0.25, 0.3) is 11.8 Å². The summed E-state index contributed by atoms with van der Waals surface area (Å²) in [6, 6.07) is 12.3. The molecule has 0 fully saturated rings. The second-order valence-electron chi connectivity index (χ2n) is 8.75. The maximum Gasteiger partial charge on any atom is 0.261 e. The SMILES string of the molecule is CC.CCCN(/C=C/c1ccc(Cl)cc1Cl)/C=C(\C)N(C)CN(C)CC=O.CN1C(=O)c2ccccc2C1=O. The quantitative estimate of drug-likeness (QED) is 0.183. The van der Waals surface area contributed by atoms with Crippen molar-refractivity contribution in [1.82, 2.24) is 19.6 Å². The zero-order valence-corrected chi connectivity index (χ0v) is 25.5. The van der Waals surface area contributed by atoms with E-state index in [9.17, 15) is 14.4 Å². The molecule has 1 aliphatic heterocycles. The van der Waals surface area contributed by atoms with E-state index in [-0.39, 0.29) is 11.8 Å². The number of allylic oxidation sites excluding steroid dienone is 1. The fraction of sp³-hybridized carbons (Fsp3) is 0.367. The van der Waals surface area contributed by atoms with E-state index in [2.05, 4.69) is 29.8 Å². The van der Waals surface area contributed by atoms with Crippen molar-refractivity contribution in [2.24, 2.45) is 0 Å². The lowest BCUT2D eigenvalue weighted by molar-refractivity contribution is -0.108. The minimum Gasteiger partial charge on any atom is -0.364 e. The van der Waals surface area contributed by atoms with Gasteiger partial charge >= 0.3 is 0 Å². The first-order valence-electron chi connectivity index (χ1n) is 12.9. The number of carbonyl (C=O) groups excluding carboxylic acids is 3. The predicted octanol–water partition coefficient (Wildman–Crippen LogP) is 6.50. The van der Waals surface area contributed by atoms with Gasteiger partial charge in [-0.05, 0) is 56.3 Å². The molecule has 1 heterocycles. The molecule has 0 unspecified atom stereocenters. The molecule has 0 N–H and O–H groups in total. The Morgan fingerprint density at radius 2 is 1.59 bits per heavy atom. The molecule has 7 nitrogen and oxygen atoms in total. The summed E-state index contributed by atoms with van der Waals surface area (Å²) in [6.07, 6.45) is 8.03. The highest BCUT2D eigenvalue weighted by atomic mass is 35.5. The summed E-state index contributed by atoms with van der Waals surface area (Å²) in [5.41, 5.74) is 3.05. The predicted molar refractivity (Wildman–Crippen MR) is 162 cm³/mol. The number of likely N-dealkylation sites (N-methyl/N-ethyl adjacent to an activating group) is 1. The van der Waals surface area contributed by atoms with Crippen molar-refractivity contribution in [1.29, 1.82) is 0 Å². The van der Waals surface area contributed by atoms with Gasteiger partial charge < -0.3 is 14.6 Å². The fourth-order valence-electron chi connectivity index (χ4n) is 3.56. The van der Waals surface area contributed by atoms with Crippen molar-refractivity contribution in [3.05, 3.63) is 87.3 Å². The van der Waals surface area contributed by atoms with Crippen LogP contribution in [-0.4, -0.2) is 78.6 Å². The Labute approximate surface area is 243 Å². The minimum absolute atomic E-state index is 0.212. The average molecular weight is 576 g/mol. The first-order chi connectivity index (χ1) is 18.6. The molecule has 9 heteroatoms. The van der Waals surface area contributed by atoms with Crippen LogP contribution in [0.5, 0.6) is 0 Å². The minimum atomic E-state index is -0.212. The summed E-state index contributed by atoms with van der Waals surface area (Å²) in [5.74, 6) is -0.425. The summed E-state index contributed by atoms with van der Waals surface area (Å²) in [4.78, 5) is 40.5. The number of hydrogen-bond acceptors (Lipinski definition) is 6. The van der Waals surface area contributed by atoms with Gasteiger partial charge in [0.2, 0.25) is 0 Å². The molecule has 39 heavy (non-hydrogen) atoms. The lowest BCUT2D eigenvalue weighted by Gasteiger charge is -2.27. The third-order valence-electron chi connectivity index (χ3n) is 5.68. The zero-order valence-electron chi connectivity index (χ0n) is 23.9. The molecule has 0 saturated carbocycles. The monoisotopic (exact) mass is 574 g/mol. The number of fused-ring (bicyclic) bond motifs is 1. The van der Waals surface area contributed by atoms with Crippen LogP contribution in [0.4, 0.5) is 0 Å². The highest BCUT2D eigenvalue weighted by Crippen LogP contribution is 2.22. The second kappa shape index (κ2) is 17.5. The van der Waals surface area contributed by atoms with Crippen LogP contribution in [0, 0.1) is 0 Å². The number of halogens is 2. The Morgan fingerprint density at radius 3 is 2.10 bits per heavy atom. The number of aldehydes is 1. The number of amides is 2. The third-order valence-corrected chi connectivity index (χ3v) is 6.24. The molecule has 1 aliphatic rings. The van der Waals surface area contributed by atoms with Gasteiger partial charge in [-0.2, -0.15) is 0 Å². The van der Waals surface area contributed by atoms with Crippen molar-refractivity contribution in [2.45, 2.75) is 34.1 Å². The first kappa shape index (κ1) is 33.9. The van der Waals surface area contributed by atoms with Gasteiger partial charge in [0, 0.05) is 48.8 Å². The van der Waals surface area contributed by atoms with Gasteiger partial charge in [-0.15, -0.1) is 0 Å². The molecule has 0 saturated heterocycles. The number of imide groups is 1. The standard InChI is InChI=1S/C19H27Cl2N3O.C9H7NO2.C2H6/c1-5-9-24(10-8-17-6-7-18(20)13-19(17)21)14-16(2)23(4)15-22(3)11-12-25;1-10-8(11)6-4-2-3-5-7(6)9(10)12;1-2/h6-8,10,12-14H,5,9,11,15H2,1-4H3;2-5H,1H3;1-2H3/b10-8+,16-14+;;. The van der Waals surface area contributed by atoms with Crippen LogP contribution < -0.4 is 0 Å². The molecule has 0 spiro atoms. The van der Waals surface area contributed by atoms with Crippen molar-refractivity contribution < 1.29 is 14.4 Å². The van der Waals surface area contributed by atoms with Crippen LogP contribution in [0.25, 0.3) is 6.08 Å². The molecule has 0 radical (unpaired) electrons. The van der Waals surface area contributed by atoms with Crippen molar-refractivity contribution in [2.75, 3.05) is 40.9 Å². The topological polar surface area (TPSA) is 64.2 Å². The number of nitrogens with zero attached hydrogens (tertiary/aromatic N) is 4. The Morgan fingerprint density at radius 1 is 1.00 bits per heavy atom. The van der Waals surface area contributed by atoms with Crippen LogP contribution in [-0.2, 0) is 4.79 Å². The molecular formula is C30H40Cl2N4O3. The summed E-state index contributed by atoms with van der Waals surface area (Å²) < 4.78 is 0. The fourth-order valence-corrected chi connectivity index (χ4v) is 4.03. The molecule has 0 aliphatic carbocycles. The molecule has 3 rings (SSSR count). The number of benzene rings is 2. The van der Waals surface area contributed by atoms with E-state index in [1.54, 1.807) is 30.3 Å². The van der Waals surface area contributed by atoms with Crippen molar-refractivity contribution in [3.8, 4) is 0 Å². The Hall–Kier alpha value is -3.13. The van der Waals surface area contributed by atoms with E-state index in [4.69, 9.17) is 23.2 Å². The first-order valence-corrected chi connectivity index (χ1v) is 13.7. The lowest BCUT2D eigenvalue weighted by Crippen LogP contribution is -2.33. The van der Waals surface area contributed by atoms with Gasteiger partial charge in [-0.25, -0.2) is 0 Å². The van der Waals surface area contributed by atoms with Crippen LogP contribution >= 0.6 is 23.2 Å². The Balaban J connectivity index is 0.000000447. The molecule has 2 aromatic rings. The van der Waals surface area contributed by atoms with E-state index in [0.29, 0.717) is 34.4 Å². The van der Waals surface area contributed by atoms with Crippen LogP contribution in [0.1, 0.15) is 60.4 Å². The van der Waals surface area contributed by atoms with Gasteiger partial charge in [0.1, 0.15) is 6.29 Å². The number of hydrogen-bond donors (Lipinski definition) is 0. The largest absolute Gasteiger partial charge is 0.364 e. The molecule has 2 aromatic carbocycles. The van der Waals surface area contributed by atoms with Gasteiger partial charge in [-0.1, -0.05) is 62.2 Å². The van der Waals surface area contributed by atoms with Gasteiger partial charge in [0.15, 0.2) is 0 Å². The summed E-state index contributed by atoms with van der Waals surface area (Å²) in [7, 11) is 5.42. The lowest BCUT2D eigenvalue weighted by atomic mass is 10.1. The third kappa shape index (κ3) is 10.5. The maximum atomic E-state index is 11.3. The highest BCUT2D eigenvalue weighted by molar-refractivity contribution is 6.35. The average Bonchev–Trinajstić information content (AvgIpc) is 3.13. The van der Waals surface area contributed by atoms with Gasteiger partial charge in [-0.3, -0.25) is 19.4 Å². The summed E-state index contributed by atoms with van der Waals surface area (Å²) >= 11 is 12.2. The van der Waals surface area contributed by atoms with E-state index >= 15 is 0 Å². The Bertz CT molecular complexity index is 1130. The van der Waals surface area contributed by atoms with Crippen LogP contribution in [0.15, 0.2) is 60.6 Å². The smallest absolute Gasteiger partial charge is 0.261 e. The normalized spacial score (nSPS) is 12.6. The highest BCUT2D eigenvalue weighted by Gasteiger charge is 2.31. The van der Waals surface area contributed by atoms with E-state index < -0.39 is 0 Å². The zero-order chi connectivity index (χ0) is 29.5. The molecular weight excluding hydrogens is 535 g/mol. The maximum absolute atomic E-state index is 11.3. The van der Waals surface area contributed by atoms with Crippen LogP contribution in [0.3, 0.4) is 0 Å². The Kier molecular flexibility index (Phi) is 15.2. The number of rotatable bonds is 10. The van der Waals surface area contributed by atoms with E-state index in [1.165, 1.54) is 7.05 Å². The number of carbonyl (C=O) groups is 3.